The molecule has 0 aliphatic rings. The normalized spacial score (nSPS) is 11.5. The molecule has 9 heteroatoms. The molecule has 0 bridgehead atoms. The SMILES string of the molecule is O=[N+]([O-])c1cc(/C=C(\Cl)c2nc(-c3ccc(Cl)cc3)no2)ccc1O. The minimum atomic E-state index is -0.689. The Kier molecular flexibility index (Phi) is 4.69. The zero-order valence-corrected chi connectivity index (χ0v) is 13.9. The number of nitrogens with zero attached hydrogens (tertiary/aromatic N) is 3. The van der Waals surface area contributed by atoms with Crippen LogP contribution in [0, 0.1) is 10.1 Å². The van der Waals surface area contributed by atoms with Crippen molar-refractivity contribution in [2.24, 2.45) is 0 Å². The predicted molar refractivity (Wildman–Crippen MR) is 93.2 cm³/mol. The third-order valence-electron chi connectivity index (χ3n) is 3.22. The lowest BCUT2D eigenvalue weighted by Crippen LogP contribution is -1.89. The summed E-state index contributed by atoms with van der Waals surface area (Å²) in [6, 6.07) is 10.7. The van der Waals surface area contributed by atoms with Crippen molar-refractivity contribution in [3.63, 3.8) is 0 Å². The molecule has 0 aliphatic heterocycles. The second-order valence-corrected chi connectivity index (χ2v) is 5.77. The summed E-state index contributed by atoms with van der Waals surface area (Å²) in [6.45, 7) is 0. The van der Waals surface area contributed by atoms with Crippen LogP contribution in [0.2, 0.25) is 5.02 Å². The first-order chi connectivity index (χ1) is 11.9. The molecular weight excluding hydrogens is 369 g/mol. The van der Waals surface area contributed by atoms with Crippen LogP contribution in [0.25, 0.3) is 22.5 Å². The van der Waals surface area contributed by atoms with E-state index in [2.05, 4.69) is 10.1 Å². The van der Waals surface area contributed by atoms with Crippen LogP contribution in [-0.4, -0.2) is 20.2 Å². The van der Waals surface area contributed by atoms with E-state index in [4.69, 9.17) is 27.7 Å². The number of hydrogen-bond acceptors (Lipinski definition) is 6. The zero-order valence-electron chi connectivity index (χ0n) is 12.4. The molecule has 0 unspecified atom stereocenters. The molecule has 0 saturated heterocycles. The van der Waals surface area contributed by atoms with Crippen molar-refractivity contribution >= 4 is 40.0 Å². The maximum absolute atomic E-state index is 10.9. The van der Waals surface area contributed by atoms with Crippen molar-refractivity contribution in [2.75, 3.05) is 0 Å². The van der Waals surface area contributed by atoms with Crippen LogP contribution in [0.5, 0.6) is 5.75 Å². The van der Waals surface area contributed by atoms with Crippen molar-refractivity contribution in [1.29, 1.82) is 0 Å². The molecule has 1 aromatic heterocycles. The molecule has 7 nitrogen and oxygen atoms in total. The number of hydrogen-bond donors (Lipinski definition) is 1. The van der Waals surface area contributed by atoms with Crippen LogP contribution in [0.15, 0.2) is 47.0 Å². The van der Waals surface area contributed by atoms with E-state index in [1.165, 1.54) is 24.3 Å². The first-order valence-electron chi connectivity index (χ1n) is 6.88. The Morgan fingerprint density at radius 3 is 2.64 bits per heavy atom. The molecule has 0 spiro atoms. The minimum Gasteiger partial charge on any atom is -0.502 e. The number of benzene rings is 2. The summed E-state index contributed by atoms with van der Waals surface area (Å²) >= 11 is 12.0. The molecule has 2 aromatic carbocycles. The number of aromatic hydroxyl groups is 1. The topological polar surface area (TPSA) is 102 Å². The van der Waals surface area contributed by atoms with Crippen LogP contribution in [0.1, 0.15) is 11.5 Å². The molecule has 1 heterocycles. The molecule has 126 valence electrons. The Morgan fingerprint density at radius 2 is 1.96 bits per heavy atom. The van der Waals surface area contributed by atoms with Gasteiger partial charge in [-0.15, -0.1) is 0 Å². The highest BCUT2D eigenvalue weighted by Gasteiger charge is 2.15. The molecule has 0 radical (unpaired) electrons. The van der Waals surface area contributed by atoms with Crippen molar-refractivity contribution in [1.82, 2.24) is 10.1 Å². The van der Waals surface area contributed by atoms with Crippen LogP contribution in [0.4, 0.5) is 5.69 Å². The van der Waals surface area contributed by atoms with Crippen LogP contribution >= 0.6 is 23.2 Å². The van der Waals surface area contributed by atoms with Crippen molar-refractivity contribution in [3.05, 3.63) is 69.1 Å². The lowest BCUT2D eigenvalue weighted by molar-refractivity contribution is -0.385. The van der Waals surface area contributed by atoms with Gasteiger partial charge in [0.15, 0.2) is 5.75 Å². The van der Waals surface area contributed by atoms with Gasteiger partial charge in [-0.05, 0) is 42.0 Å². The van der Waals surface area contributed by atoms with Crippen LogP contribution in [0.3, 0.4) is 0 Å². The summed E-state index contributed by atoms with van der Waals surface area (Å²) in [4.78, 5) is 14.3. The van der Waals surface area contributed by atoms with Crippen molar-refractivity contribution < 1.29 is 14.6 Å². The molecule has 25 heavy (non-hydrogen) atoms. The third kappa shape index (κ3) is 3.78. The van der Waals surface area contributed by atoms with Gasteiger partial charge in [0.05, 0.1) is 4.92 Å². The monoisotopic (exact) mass is 377 g/mol. The summed E-state index contributed by atoms with van der Waals surface area (Å²) < 4.78 is 5.11. The van der Waals surface area contributed by atoms with E-state index in [1.807, 2.05) is 0 Å². The van der Waals surface area contributed by atoms with Gasteiger partial charge in [-0.25, -0.2) is 0 Å². The zero-order chi connectivity index (χ0) is 18.0. The largest absolute Gasteiger partial charge is 0.502 e. The fourth-order valence-corrected chi connectivity index (χ4v) is 2.35. The second-order valence-electron chi connectivity index (χ2n) is 4.93. The fraction of sp³-hybridized carbons (Fsp3) is 0. The van der Waals surface area contributed by atoms with E-state index in [9.17, 15) is 15.2 Å². The number of nitro groups is 1. The van der Waals surface area contributed by atoms with Gasteiger partial charge in [-0.2, -0.15) is 4.98 Å². The Balaban J connectivity index is 1.90. The van der Waals surface area contributed by atoms with E-state index in [0.717, 1.165) is 0 Å². The molecule has 0 saturated carbocycles. The molecule has 3 rings (SSSR count). The summed E-state index contributed by atoms with van der Waals surface area (Å²) in [6.07, 6.45) is 1.42. The highest BCUT2D eigenvalue weighted by Crippen LogP contribution is 2.29. The Hall–Kier alpha value is -2.90. The number of phenolic OH excluding ortho intramolecular Hbond substituents is 1. The van der Waals surface area contributed by atoms with Crippen LogP contribution in [-0.2, 0) is 0 Å². The van der Waals surface area contributed by atoms with E-state index in [-0.39, 0.29) is 10.9 Å². The number of rotatable bonds is 4. The second kappa shape index (κ2) is 6.92. The Labute approximate surface area is 151 Å². The lowest BCUT2D eigenvalue weighted by atomic mass is 10.1. The number of aromatic nitrogens is 2. The van der Waals surface area contributed by atoms with Gasteiger partial charge >= 0.3 is 5.69 Å². The lowest BCUT2D eigenvalue weighted by Gasteiger charge is -1.98. The maximum atomic E-state index is 10.9. The highest BCUT2D eigenvalue weighted by molar-refractivity contribution is 6.50. The van der Waals surface area contributed by atoms with Gasteiger partial charge in [-0.1, -0.05) is 34.4 Å². The Bertz CT molecular complexity index is 968. The summed E-state index contributed by atoms with van der Waals surface area (Å²) in [7, 11) is 0. The smallest absolute Gasteiger partial charge is 0.311 e. The predicted octanol–water partition coefficient (Wildman–Crippen LogP) is 4.74. The first-order valence-corrected chi connectivity index (χ1v) is 7.64. The average molecular weight is 378 g/mol. The molecule has 3 aromatic rings. The van der Waals surface area contributed by atoms with Crippen molar-refractivity contribution in [3.8, 4) is 17.1 Å². The summed E-state index contributed by atoms with van der Waals surface area (Å²) in [5.41, 5.74) is 0.676. The van der Waals surface area contributed by atoms with Gasteiger partial charge < -0.3 is 9.63 Å². The number of halogens is 2. The average Bonchev–Trinajstić information content (AvgIpc) is 3.07. The minimum absolute atomic E-state index is 0.0577. The number of nitro benzene ring substituents is 1. The standard InChI is InChI=1S/C16H9Cl2N3O4/c17-11-4-2-10(3-5-11)15-19-16(25-20-15)12(18)7-9-1-6-14(22)13(8-9)21(23)24/h1-8,22H/b12-7-. The third-order valence-corrected chi connectivity index (χ3v) is 3.75. The van der Waals surface area contributed by atoms with Crippen LogP contribution < -0.4 is 0 Å². The van der Waals surface area contributed by atoms with Gasteiger partial charge in [0.25, 0.3) is 5.89 Å². The first kappa shape index (κ1) is 16.9. The molecule has 1 N–H and O–H groups in total. The van der Waals surface area contributed by atoms with Crippen molar-refractivity contribution in [2.45, 2.75) is 0 Å². The molecule has 0 aliphatic carbocycles. The van der Waals surface area contributed by atoms with E-state index in [1.54, 1.807) is 24.3 Å². The van der Waals surface area contributed by atoms with Gasteiger partial charge in [0.1, 0.15) is 5.03 Å². The number of phenols is 1. The quantitative estimate of drug-likeness (QED) is 0.520. The van der Waals surface area contributed by atoms with E-state index >= 15 is 0 Å². The van der Waals surface area contributed by atoms with E-state index in [0.29, 0.717) is 22.0 Å². The molecule has 0 atom stereocenters. The van der Waals surface area contributed by atoms with E-state index < -0.39 is 16.4 Å². The van der Waals surface area contributed by atoms with Gasteiger partial charge in [0.2, 0.25) is 5.82 Å². The molecule has 0 amide bonds. The maximum Gasteiger partial charge on any atom is 0.311 e. The Morgan fingerprint density at radius 1 is 1.24 bits per heavy atom. The summed E-state index contributed by atoms with van der Waals surface area (Å²) in [5, 5.41) is 24.8. The molecule has 0 fully saturated rings. The fourth-order valence-electron chi connectivity index (χ4n) is 2.02. The molecular formula is C16H9Cl2N3O4. The van der Waals surface area contributed by atoms with Gasteiger partial charge in [-0.3, -0.25) is 10.1 Å². The summed E-state index contributed by atoms with van der Waals surface area (Å²) in [5.74, 6) is -0.0432. The van der Waals surface area contributed by atoms with Gasteiger partial charge in [0, 0.05) is 16.7 Å². The highest BCUT2D eigenvalue weighted by atomic mass is 35.5.